The molecule has 7 nitrogen and oxygen atoms in total. The van der Waals surface area contributed by atoms with Crippen LogP contribution in [0.1, 0.15) is 19.3 Å². The van der Waals surface area contributed by atoms with Crippen molar-refractivity contribution >= 4 is 32.8 Å². The fourth-order valence-corrected chi connectivity index (χ4v) is 4.71. The van der Waals surface area contributed by atoms with Crippen LogP contribution in [0.15, 0.2) is 46.9 Å². The van der Waals surface area contributed by atoms with Crippen molar-refractivity contribution in [2.24, 2.45) is 5.92 Å². The summed E-state index contributed by atoms with van der Waals surface area (Å²) < 4.78 is 29.1. The number of benzene rings is 1. The van der Waals surface area contributed by atoms with Gasteiger partial charge in [0.2, 0.25) is 5.91 Å². The molecule has 1 amide bonds. The molecule has 1 N–H and O–H groups in total. The standard InChI is InChI=1S/C21H21N3O4S2/c1-28-18-8-14(5-6-20(18)30(2,26)27)16-10-22-11-17(24-16)19-9-15(12-29-19)23-21(25)7-13-3-4-13/h5-6,8-13H,3-4,7H2,1-2H3,(H,23,25). The molecule has 2 aromatic heterocycles. The molecule has 9 heteroatoms. The molecule has 0 radical (unpaired) electrons. The molecule has 0 spiro atoms. The van der Waals surface area contributed by atoms with E-state index in [9.17, 15) is 13.2 Å². The molecule has 2 heterocycles. The van der Waals surface area contributed by atoms with Crippen LogP contribution in [0.25, 0.3) is 21.8 Å². The highest BCUT2D eigenvalue weighted by Crippen LogP contribution is 2.34. The fraction of sp³-hybridized carbons (Fsp3) is 0.286. The number of nitrogens with one attached hydrogen (secondary N) is 1. The van der Waals surface area contributed by atoms with Crippen LogP contribution in [-0.4, -0.2) is 37.7 Å². The van der Waals surface area contributed by atoms with Gasteiger partial charge in [0, 0.05) is 23.6 Å². The summed E-state index contributed by atoms with van der Waals surface area (Å²) in [4.78, 5) is 22.0. The van der Waals surface area contributed by atoms with Gasteiger partial charge >= 0.3 is 0 Å². The third-order valence-corrected chi connectivity index (χ3v) is 6.89. The fourth-order valence-electron chi connectivity index (χ4n) is 3.09. The Morgan fingerprint density at radius 2 is 2.00 bits per heavy atom. The Morgan fingerprint density at radius 1 is 1.23 bits per heavy atom. The molecule has 0 unspecified atom stereocenters. The molecule has 1 fully saturated rings. The second-order valence-electron chi connectivity index (χ2n) is 7.32. The minimum atomic E-state index is -3.40. The average molecular weight is 444 g/mol. The highest BCUT2D eigenvalue weighted by molar-refractivity contribution is 7.90. The first-order chi connectivity index (χ1) is 14.3. The Hall–Kier alpha value is -2.78. The van der Waals surface area contributed by atoms with Crippen LogP contribution in [0.4, 0.5) is 5.69 Å². The van der Waals surface area contributed by atoms with Gasteiger partial charge in [0.05, 0.1) is 41.5 Å². The monoisotopic (exact) mass is 443 g/mol. The largest absolute Gasteiger partial charge is 0.495 e. The van der Waals surface area contributed by atoms with Crippen molar-refractivity contribution in [3.63, 3.8) is 0 Å². The predicted octanol–water partition coefficient (Wildman–Crippen LogP) is 4.02. The SMILES string of the molecule is COc1cc(-c2cncc(-c3cc(NC(=O)CC4CC4)cs3)n2)ccc1S(C)(=O)=O. The van der Waals surface area contributed by atoms with Gasteiger partial charge < -0.3 is 10.1 Å². The first-order valence-corrected chi connectivity index (χ1v) is 12.2. The summed E-state index contributed by atoms with van der Waals surface area (Å²) in [5.41, 5.74) is 2.72. The van der Waals surface area contributed by atoms with Gasteiger partial charge in [-0.2, -0.15) is 0 Å². The quantitative estimate of drug-likeness (QED) is 0.592. The second kappa shape index (κ2) is 8.16. The maximum absolute atomic E-state index is 12.0. The van der Waals surface area contributed by atoms with Gasteiger partial charge in [-0.15, -0.1) is 11.3 Å². The van der Waals surface area contributed by atoms with Gasteiger partial charge in [0.25, 0.3) is 0 Å². The lowest BCUT2D eigenvalue weighted by molar-refractivity contribution is -0.116. The predicted molar refractivity (Wildman–Crippen MR) is 116 cm³/mol. The van der Waals surface area contributed by atoms with Crippen LogP contribution in [0, 0.1) is 5.92 Å². The zero-order valence-electron chi connectivity index (χ0n) is 16.6. The van der Waals surface area contributed by atoms with Crippen LogP contribution in [-0.2, 0) is 14.6 Å². The van der Waals surface area contributed by atoms with E-state index in [0.717, 1.165) is 29.7 Å². The van der Waals surface area contributed by atoms with Crippen molar-refractivity contribution in [1.29, 1.82) is 0 Å². The molecule has 0 bridgehead atoms. The smallest absolute Gasteiger partial charge is 0.224 e. The molecule has 30 heavy (non-hydrogen) atoms. The van der Waals surface area contributed by atoms with Gasteiger partial charge in [-0.05, 0) is 37.0 Å². The lowest BCUT2D eigenvalue weighted by Gasteiger charge is -2.09. The van der Waals surface area contributed by atoms with Gasteiger partial charge in [0.15, 0.2) is 9.84 Å². The van der Waals surface area contributed by atoms with Crippen LogP contribution < -0.4 is 10.1 Å². The molecule has 156 valence electrons. The maximum Gasteiger partial charge on any atom is 0.224 e. The van der Waals surface area contributed by atoms with E-state index >= 15 is 0 Å². The molecule has 1 aromatic carbocycles. The number of anilines is 1. The minimum Gasteiger partial charge on any atom is -0.495 e. The summed E-state index contributed by atoms with van der Waals surface area (Å²) in [5, 5.41) is 4.82. The zero-order chi connectivity index (χ0) is 21.3. The normalized spacial score (nSPS) is 13.8. The molecular weight excluding hydrogens is 422 g/mol. The molecule has 0 aliphatic heterocycles. The topological polar surface area (TPSA) is 98.2 Å². The number of ether oxygens (including phenoxy) is 1. The summed E-state index contributed by atoms with van der Waals surface area (Å²) in [7, 11) is -1.97. The van der Waals surface area contributed by atoms with Crippen molar-refractivity contribution in [3.05, 3.63) is 42.0 Å². The van der Waals surface area contributed by atoms with E-state index in [0.29, 0.717) is 29.3 Å². The number of rotatable bonds is 7. The van der Waals surface area contributed by atoms with Crippen molar-refractivity contribution in [2.45, 2.75) is 24.2 Å². The Bertz CT molecular complexity index is 1200. The molecule has 1 aliphatic carbocycles. The summed E-state index contributed by atoms with van der Waals surface area (Å²) in [6.07, 6.45) is 7.27. The van der Waals surface area contributed by atoms with Crippen LogP contribution in [0.5, 0.6) is 5.75 Å². The molecule has 0 saturated heterocycles. The lowest BCUT2D eigenvalue weighted by atomic mass is 10.1. The number of hydrogen-bond donors (Lipinski definition) is 1. The number of aromatic nitrogens is 2. The molecule has 4 rings (SSSR count). The molecule has 1 aliphatic rings. The number of carbonyl (C=O) groups excluding carboxylic acids is 1. The van der Waals surface area contributed by atoms with Crippen molar-refractivity contribution in [1.82, 2.24) is 9.97 Å². The Balaban J connectivity index is 1.58. The van der Waals surface area contributed by atoms with Gasteiger partial charge in [-0.25, -0.2) is 13.4 Å². The summed E-state index contributed by atoms with van der Waals surface area (Å²) in [6.45, 7) is 0. The Labute approximate surface area is 179 Å². The van der Waals surface area contributed by atoms with E-state index in [1.54, 1.807) is 24.5 Å². The zero-order valence-corrected chi connectivity index (χ0v) is 18.2. The van der Waals surface area contributed by atoms with Crippen molar-refractivity contribution in [3.8, 4) is 27.6 Å². The molecule has 1 saturated carbocycles. The number of methoxy groups -OCH3 is 1. The van der Waals surface area contributed by atoms with E-state index in [4.69, 9.17) is 4.74 Å². The molecule has 3 aromatic rings. The third kappa shape index (κ3) is 4.68. The van der Waals surface area contributed by atoms with Crippen molar-refractivity contribution in [2.75, 3.05) is 18.7 Å². The van der Waals surface area contributed by atoms with E-state index in [1.807, 2.05) is 11.4 Å². The van der Waals surface area contributed by atoms with Gasteiger partial charge in [-0.3, -0.25) is 9.78 Å². The average Bonchev–Trinajstić information content (AvgIpc) is 3.41. The second-order valence-corrected chi connectivity index (χ2v) is 10.2. The van der Waals surface area contributed by atoms with E-state index < -0.39 is 9.84 Å². The van der Waals surface area contributed by atoms with Crippen molar-refractivity contribution < 1.29 is 17.9 Å². The Morgan fingerprint density at radius 3 is 2.70 bits per heavy atom. The number of amides is 1. The van der Waals surface area contributed by atoms with E-state index in [-0.39, 0.29) is 16.6 Å². The first-order valence-electron chi connectivity index (χ1n) is 9.43. The highest BCUT2D eigenvalue weighted by atomic mass is 32.2. The van der Waals surface area contributed by atoms with Gasteiger partial charge in [-0.1, -0.05) is 6.07 Å². The first kappa shape index (κ1) is 20.5. The number of thiophene rings is 1. The van der Waals surface area contributed by atoms with Crippen LogP contribution in [0.3, 0.4) is 0 Å². The number of nitrogens with zero attached hydrogens (tertiary/aromatic N) is 2. The summed E-state index contributed by atoms with van der Waals surface area (Å²) in [5.74, 6) is 0.843. The molecular formula is C21H21N3O4S2. The summed E-state index contributed by atoms with van der Waals surface area (Å²) in [6, 6.07) is 6.72. The van der Waals surface area contributed by atoms with E-state index in [2.05, 4.69) is 15.3 Å². The lowest BCUT2D eigenvalue weighted by Crippen LogP contribution is -2.11. The Kier molecular flexibility index (Phi) is 5.57. The highest BCUT2D eigenvalue weighted by Gasteiger charge is 2.24. The van der Waals surface area contributed by atoms with Gasteiger partial charge in [0.1, 0.15) is 10.6 Å². The van der Waals surface area contributed by atoms with Crippen LogP contribution >= 0.6 is 11.3 Å². The minimum absolute atomic E-state index is 0.0414. The summed E-state index contributed by atoms with van der Waals surface area (Å²) >= 11 is 1.48. The third-order valence-electron chi connectivity index (χ3n) is 4.80. The number of sulfone groups is 1. The van der Waals surface area contributed by atoms with Crippen LogP contribution in [0.2, 0.25) is 0 Å². The number of carbonyl (C=O) groups is 1. The van der Waals surface area contributed by atoms with E-state index in [1.165, 1.54) is 24.5 Å². The maximum atomic E-state index is 12.0. The molecule has 0 atom stereocenters. The number of hydrogen-bond acceptors (Lipinski definition) is 7.